The van der Waals surface area contributed by atoms with Crippen molar-refractivity contribution in [1.29, 1.82) is 0 Å². The van der Waals surface area contributed by atoms with E-state index >= 15 is 0 Å². The van der Waals surface area contributed by atoms with Crippen LogP contribution in [0.1, 0.15) is 23.3 Å². The molecule has 1 amide bonds. The van der Waals surface area contributed by atoms with Gasteiger partial charge in [0.1, 0.15) is 10.8 Å². The van der Waals surface area contributed by atoms with E-state index in [1.54, 1.807) is 0 Å². The number of carbonyl (C=O) groups excluding carboxylic acids is 1. The lowest BCUT2D eigenvalue weighted by atomic mass is 10.2. The van der Waals surface area contributed by atoms with Crippen molar-refractivity contribution in [2.45, 2.75) is 12.8 Å². The molecule has 0 aliphatic carbocycles. The van der Waals surface area contributed by atoms with Crippen LogP contribution in [0, 0.1) is 0 Å². The third kappa shape index (κ3) is 3.31. The van der Waals surface area contributed by atoms with Crippen molar-refractivity contribution in [3.8, 4) is 0 Å². The normalized spacial score (nSPS) is 14.2. The van der Waals surface area contributed by atoms with E-state index in [4.69, 9.17) is 11.6 Å². The largest absolute Gasteiger partial charge is 0.371 e. The molecule has 0 atom stereocenters. The fraction of sp³-hybridized carbons (Fsp3) is 0.267. The summed E-state index contributed by atoms with van der Waals surface area (Å²) in [5.41, 5.74) is 2.12. The topological polar surface area (TPSA) is 58.1 Å². The molecule has 1 N–H and O–H groups in total. The minimum Gasteiger partial charge on any atom is -0.371 e. The van der Waals surface area contributed by atoms with Crippen LogP contribution in [0.4, 0.5) is 11.4 Å². The molecule has 0 saturated carbocycles. The number of halogens is 1. The number of nitrogens with one attached hydrogen (secondary N) is 1. The standard InChI is InChI=1S/C15H15ClN4O/c16-14-10-17-13(9-18-14)15(21)19-11-4-3-5-12(8-11)20-6-1-2-7-20/h3-5,8-10H,1-2,6-7H2,(H,19,21). The molecule has 2 aromatic rings. The number of hydrogen-bond acceptors (Lipinski definition) is 4. The van der Waals surface area contributed by atoms with Crippen LogP contribution in [0.15, 0.2) is 36.7 Å². The van der Waals surface area contributed by atoms with Crippen LogP contribution in [0.2, 0.25) is 5.15 Å². The summed E-state index contributed by atoms with van der Waals surface area (Å²) in [7, 11) is 0. The number of nitrogens with zero attached hydrogens (tertiary/aromatic N) is 3. The lowest BCUT2D eigenvalue weighted by Crippen LogP contribution is -2.18. The zero-order valence-electron chi connectivity index (χ0n) is 11.4. The smallest absolute Gasteiger partial charge is 0.275 e. The lowest BCUT2D eigenvalue weighted by Gasteiger charge is -2.18. The maximum Gasteiger partial charge on any atom is 0.275 e. The number of rotatable bonds is 3. The van der Waals surface area contributed by atoms with Gasteiger partial charge in [-0.3, -0.25) is 4.79 Å². The molecule has 1 fully saturated rings. The maximum atomic E-state index is 12.1. The van der Waals surface area contributed by atoms with E-state index in [0.29, 0.717) is 0 Å². The number of hydrogen-bond donors (Lipinski definition) is 1. The van der Waals surface area contributed by atoms with E-state index in [9.17, 15) is 4.79 Å². The zero-order chi connectivity index (χ0) is 14.7. The van der Waals surface area contributed by atoms with E-state index in [0.717, 1.165) is 24.5 Å². The Kier molecular flexibility index (Phi) is 4.01. The van der Waals surface area contributed by atoms with Crippen molar-refractivity contribution in [2.75, 3.05) is 23.3 Å². The van der Waals surface area contributed by atoms with Crippen LogP contribution in [-0.4, -0.2) is 29.0 Å². The van der Waals surface area contributed by atoms with Gasteiger partial charge in [0.15, 0.2) is 0 Å². The fourth-order valence-corrected chi connectivity index (χ4v) is 2.48. The monoisotopic (exact) mass is 302 g/mol. The van der Waals surface area contributed by atoms with Crippen LogP contribution in [0.5, 0.6) is 0 Å². The molecular formula is C15H15ClN4O. The van der Waals surface area contributed by atoms with Gasteiger partial charge in [-0.25, -0.2) is 9.97 Å². The van der Waals surface area contributed by atoms with Crippen LogP contribution in [-0.2, 0) is 0 Å². The predicted molar refractivity (Wildman–Crippen MR) is 82.9 cm³/mol. The summed E-state index contributed by atoms with van der Waals surface area (Å²) < 4.78 is 0. The summed E-state index contributed by atoms with van der Waals surface area (Å²) >= 11 is 5.66. The molecule has 2 heterocycles. The van der Waals surface area contributed by atoms with Gasteiger partial charge in [-0.1, -0.05) is 17.7 Å². The van der Waals surface area contributed by atoms with Gasteiger partial charge in [-0.15, -0.1) is 0 Å². The average Bonchev–Trinajstić information content (AvgIpc) is 3.02. The Balaban J connectivity index is 1.73. The molecule has 1 aliphatic rings. The van der Waals surface area contributed by atoms with Crippen molar-refractivity contribution in [1.82, 2.24) is 9.97 Å². The number of anilines is 2. The first-order valence-electron chi connectivity index (χ1n) is 6.86. The Bertz CT molecular complexity index is 638. The fourth-order valence-electron chi connectivity index (χ4n) is 2.38. The highest BCUT2D eigenvalue weighted by Crippen LogP contribution is 2.23. The molecule has 108 valence electrons. The molecule has 5 nitrogen and oxygen atoms in total. The molecule has 1 aliphatic heterocycles. The number of aromatic nitrogens is 2. The lowest BCUT2D eigenvalue weighted by molar-refractivity contribution is 0.102. The highest BCUT2D eigenvalue weighted by molar-refractivity contribution is 6.29. The maximum absolute atomic E-state index is 12.1. The third-order valence-corrected chi connectivity index (χ3v) is 3.62. The van der Waals surface area contributed by atoms with Gasteiger partial charge in [-0.2, -0.15) is 0 Å². The summed E-state index contributed by atoms with van der Waals surface area (Å²) in [5, 5.41) is 3.10. The Morgan fingerprint density at radius 2 is 2.00 bits per heavy atom. The van der Waals surface area contributed by atoms with Gasteiger partial charge in [0.05, 0.1) is 12.4 Å². The molecule has 0 radical (unpaired) electrons. The second-order valence-corrected chi connectivity index (χ2v) is 5.31. The highest BCUT2D eigenvalue weighted by atomic mass is 35.5. The molecule has 1 aromatic heterocycles. The summed E-state index contributed by atoms with van der Waals surface area (Å²) in [5.74, 6) is -0.294. The number of amides is 1. The van der Waals surface area contributed by atoms with Gasteiger partial charge >= 0.3 is 0 Å². The molecule has 1 aromatic carbocycles. The van der Waals surface area contributed by atoms with Gasteiger partial charge in [0.25, 0.3) is 5.91 Å². The van der Waals surface area contributed by atoms with E-state index in [1.807, 2.05) is 18.2 Å². The molecule has 6 heteroatoms. The third-order valence-electron chi connectivity index (χ3n) is 3.43. The van der Waals surface area contributed by atoms with Crippen molar-refractivity contribution in [2.24, 2.45) is 0 Å². The Labute approximate surface area is 128 Å². The predicted octanol–water partition coefficient (Wildman–Crippen LogP) is 2.98. The summed E-state index contributed by atoms with van der Waals surface area (Å²) in [6, 6.07) is 7.84. The van der Waals surface area contributed by atoms with E-state index < -0.39 is 0 Å². The van der Waals surface area contributed by atoms with Crippen LogP contribution in [0.25, 0.3) is 0 Å². The molecular weight excluding hydrogens is 288 g/mol. The Morgan fingerprint density at radius 1 is 1.19 bits per heavy atom. The SMILES string of the molecule is O=C(Nc1cccc(N2CCCC2)c1)c1cnc(Cl)cn1. The molecule has 0 unspecified atom stereocenters. The molecule has 0 spiro atoms. The van der Waals surface area contributed by atoms with Gasteiger partial charge < -0.3 is 10.2 Å². The van der Waals surface area contributed by atoms with Crippen molar-refractivity contribution in [3.63, 3.8) is 0 Å². The number of carbonyl (C=O) groups is 1. The first-order chi connectivity index (χ1) is 10.2. The van der Waals surface area contributed by atoms with Crippen LogP contribution < -0.4 is 10.2 Å². The van der Waals surface area contributed by atoms with E-state index in [2.05, 4.69) is 26.3 Å². The quantitative estimate of drug-likeness (QED) is 0.947. The van der Waals surface area contributed by atoms with E-state index in [-0.39, 0.29) is 16.8 Å². The first-order valence-corrected chi connectivity index (χ1v) is 7.24. The van der Waals surface area contributed by atoms with Gasteiger partial charge in [-0.05, 0) is 31.0 Å². The van der Waals surface area contributed by atoms with Crippen LogP contribution in [0.3, 0.4) is 0 Å². The van der Waals surface area contributed by atoms with E-state index in [1.165, 1.54) is 25.2 Å². The molecule has 1 saturated heterocycles. The Hall–Kier alpha value is -2.14. The minimum absolute atomic E-state index is 0.242. The minimum atomic E-state index is -0.294. The molecule has 0 bridgehead atoms. The Morgan fingerprint density at radius 3 is 2.71 bits per heavy atom. The van der Waals surface area contributed by atoms with Crippen LogP contribution >= 0.6 is 11.6 Å². The van der Waals surface area contributed by atoms with Crippen molar-refractivity contribution in [3.05, 3.63) is 47.5 Å². The number of benzene rings is 1. The second-order valence-electron chi connectivity index (χ2n) is 4.92. The van der Waals surface area contributed by atoms with Gasteiger partial charge in [0, 0.05) is 24.5 Å². The second kappa shape index (κ2) is 6.10. The molecule has 3 rings (SSSR count). The van der Waals surface area contributed by atoms with Crippen molar-refractivity contribution < 1.29 is 4.79 Å². The van der Waals surface area contributed by atoms with Gasteiger partial charge in [0.2, 0.25) is 0 Å². The summed E-state index contributed by atoms with van der Waals surface area (Å²) in [4.78, 5) is 22.2. The zero-order valence-corrected chi connectivity index (χ0v) is 12.2. The first kappa shape index (κ1) is 13.8. The summed E-state index contributed by atoms with van der Waals surface area (Å²) in [6.45, 7) is 2.14. The molecule has 21 heavy (non-hydrogen) atoms. The average molecular weight is 303 g/mol. The van der Waals surface area contributed by atoms with Crippen molar-refractivity contribution >= 4 is 28.9 Å². The highest BCUT2D eigenvalue weighted by Gasteiger charge is 2.13. The summed E-state index contributed by atoms with van der Waals surface area (Å²) in [6.07, 6.45) is 5.16.